The van der Waals surface area contributed by atoms with Crippen molar-refractivity contribution >= 4 is 17.3 Å². The molecule has 21 heavy (non-hydrogen) atoms. The summed E-state index contributed by atoms with van der Waals surface area (Å²) in [6.07, 6.45) is 0. The molecule has 0 radical (unpaired) electrons. The topological polar surface area (TPSA) is 55.6 Å². The lowest BCUT2D eigenvalue weighted by Crippen LogP contribution is -2.31. The molecule has 0 aliphatic carbocycles. The molecular formula is C17H20N2O2. The molecule has 0 fully saturated rings. The lowest BCUT2D eigenvalue weighted by atomic mass is 10.1. The fourth-order valence-electron chi connectivity index (χ4n) is 2.31. The van der Waals surface area contributed by atoms with Gasteiger partial charge in [-0.1, -0.05) is 18.2 Å². The van der Waals surface area contributed by atoms with Crippen LogP contribution < -0.4 is 15.4 Å². The van der Waals surface area contributed by atoms with Crippen molar-refractivity contribution in [1.82, 2.24) is 0 Å². The third-order valence-electron chi connectivity index (χ3n) is 3.38. The summed E-state index contributed by atoms with van der Waals surface area (Å²) in [5, 5.41) is 0. The monoisotopic (exact) mass is 284 g/mol. The van der Waals surface area contributed by atoms with Crippen molar-refractivity contribution in [2.24, 2.45) is 0 Å². The molecule has 0 unspecified atom stereocenters. The Balaban J connectivity index is 2.41. The summed E-state index contributed by atoms with van der Waals surface area (Å²) < 4.78 is 5.18. The van der Waals surface area contributed by atoms with Gasteiger partial charge in [0.25, 0.3) is 5.91 Å². The number of methoxy groups -OCH3 is 1. The minimum absolute atomic E-state index is 0.0857. The van der Waals surface area contributed by atoms with Crippen LogP contribution in [-0.2, 0) is 0 Å². The molecule has 4 heteroatoms. The number of carbonyl (C=O) groups excluding carboxylic acids is 1. The number of rotatable bonds is 4. The van der Waals surface area contributed by atoms with Crippen LogP contribution in [0.15, 0.2) is 42.5 Å². The zero-order valence-corrected chi connectivity index (χ0v) is 12.6. The van der Waals surface area contributed by atoms with Crippen LogP contribution in [0.25, 0.3) is 0 Å². The van der Waals surface area contributed by atoms with Gasteiger partial charge in [-0.3, -0.25) is 4.79 Å². The molecule has 2 aromatic carbocycles. The Morgan fingerprint density at radius 3 is 2.57 bits per heavy atom. The highest BCUT2D eigenvalue weighted by molar-refractivity contribution is 6.07. The number of nitrogens with two attached hydrogens (primary N) is 1. The number of aryl methyl sites for hydroxylation is 1. The van der Waals surface area contributed by atoms with E-state index in [1.807, 2.05) is 38.1 Å². The molecule has 110 valence electrons. The summed E-state index contributed by atoms with van der Waals surface area (Å²) in [7, 11) is 1.56. The van der Waals surface area contributed by atoms with E-state index in [9.17, 15) is 4.79 Å². The highest BCUT2D eigenvalue weighted by Gasteiger charge is 2.18. The smallest absolute Gasteiger partial charge is 0.258 e. The van der Waals surface area contributed by atoms with E-state index in [1.54, 1.807) is 30.2 Å². The zero-order valence-electron chi connectivity index (χ0n) is 12.6. The highest BCUT2D eigenvalue weighted by Crippen LogP contribution is 2.24. The Morgan fingerprint density at radius 1 is 1.24 bits per heavy atom. The van der Waals surface area contributed by atoms with Gasteiger partial charge in [-0.2, -0.15) is 0 Å². The van der Waals surface area contributed by atoms with Gasteiger partial charge < -0.3 is 15.4 Å². The van der Waals surface area contributed by atoms with Crippen LogP contribution in [0.5, 0.6) is 5.75 Å². The number of amides is 1. The van der Waals surface area contributed by atoms with Crippen molar-refractivity contribution in [2.45, 2.75) is 13.8 Å². The second-order valence-electron chi connectivity index (χ2n) is 4.83. The van der Waals surface area contributed by atoms with Gasteiger partial charge >= 0.3 is 0 Å². The normalized spacial score (nSPS) is 10.2. The van der Waals surface area contributed by atoms with Crippen molar-refractivity contribution in [3.8, 4) is 5.75 Å². The maximum absolute atomic E-state index is 12.8. The van der Waals surface area contributed by atoms with Gasteiger partial charge in [0.1, 0.15) is 5.75 Å². The standard InChI is InChI=1S/C17H20N2O2/c1-4-19(16-8-6-5-7-12(16)2)17(20)13-9-14(18)11-15(10-13)21-3/h5-11H,4,18H2,1-3H3. The van der Waals surface area contributed by atoms with Crippen molar-refractivity contribution in [2.75, 3.05) is 24.3 Å². The largest absolute Gasteiger partial charge is 0.497 e. The fourth-order valence-corrected chi connectivity index (χ4v) is 2.31. The first-order valence-corrected chi connectivity index (χ1v) is 6.89. The summed E-state index contributed by atoms with van der Waals surface area (Å²) >= 11 is 0. The number of benzene rings is 2. The Hall–Kier alpha value is -2.49. The van der Waals surface area contributed by atoms with E-state index >= 15 is 0 Å². The number of carbonyl (C=O) groups is 1. The maximum atomic E-state index is 12.8. The Morgan fingerprint density at radius 2 is 1.95 bits per heavy atom. The first-order valence-electron chi connectivity index (χ1n) is 6.89. The lowest BCUT2D eigenvalue weighted by molar-refractivity contribution is 0.0988. The van der Waals surface area contributed by atoms with Crippen LogP contribution in [0.3, 0.4) is 0 Å². The molecule has 0 saturated heterocycles. The molecule has 2 aromatic rings. The molecule has 0 aliphatic rings. The van der Waals surface area contributed by atoms with Gasteiger partial charge in [0.15, 0.2) is 0 Å². The molecule has 0 atom stereocenters. The number of hydrogen-bond acceptors (Lipinski definition) is 3. The van der Waals surface area contributed by atoms with Gasteiger partial charge in [-0.05, 0) is 37.6 Å². The molecule has 0 spiro atoms. The second-order valence-corrected chi connectivity index (χ2v) is 4.83. The lowest BCUT2D eigenvalue weighted by Gasteiger charge is -2.23. The molecule has 4 nitrogen and oxygen atoms in total. The minimum Gasteiger partial charge on any atom is -0.497 e. The molecule has 0 bridgehead atoms. The Labute approximate surface area is 125 Å². The molecule has 1 amide bonds. The van der Waals surface area contributed by atoms with E-state index in [0.29, 0.717) is 23.5 Å². The number of nitrogen functional groups attached to an aromatic ring is 1. The molecule has 2 N–H and O–H groups in total. The van der Waals surface area contributed by atoms with Crippen molar-refractivity contribution in [3.05, 3.63) is 53.6 Å². The average Bonchev–Trinajstić information content (AvgIpc) is 2.49. The first-order chi connectivity index (χ1) is 10.1. The van der Waals surface area contributed by atoms with Crippen LogP contribution >= 0.6 is 0 Å². The zero-order chi connectivity index (χ0) is 15.4. The summed E-state index contributed by atoms with van der Waals surface area (Å²) in [6.45, 7) is 4.53. The summed E-state index contributed by atoms with van der Waals surface area (Å²) in [4.78, 5) is 14.5. The molecule has 0 heterocycles. The number of ether oxygens (including phenoxy) is 1. The van der Waals surface area contributed by atoms with Crippen molar-refractivity contribution in [3.63, 3.8) is 0 Å². The van der Waals surface area contributed by atoms with Gasteiger partial charge in [0, 0.05) is 29.5 Å². The van der Waals surface area contributed by atoms with Crippen LogP contribution in [-0.4, -0.2) is 19.6 Å². The number of nitrogens with zero attached hydrogens (tertiary/aromatic N) is 1. The highest BCUT2D eigenvalue weighted by atomic mass is 16.5. The van der Waals surface area contributed by atoms with E-state index in [-0.39, 0.29) is 5.91 Å². The predicted molar refractivity (Wildman–Crippen MR) is 85.9 cm³/mol. The maximum Gasteiger partial charge on any atom is 0.258 e. The Bertz CT molecular complexity index is 653. The predicted octanol–water partition coefficient (Wildman–Crippen LogP) is 3.25. The minimum atomic E-state index is -0.0857. The third kappa shape index (κ3) is 3.16. The second kappa shape index (κ2) is 6.31. The fraction of sp³-hybridized carbons (Fsp3) is 0.235. The number of hydrogen-bond donors (Lipinski definition) is 1. The summed E-state index contributed by atoms with van der Waals surface area (Å²) in [5.41, 5.74) is 8.84. The average molecular weight is 284 g/mol. The quantitative estimate of drug-likeness (QED) is 0.877. The van der Waals surface area contributed by atoms with Crippen LogP contribution in [0, 0.1) is 6.92 Å². The molecule has 2 rings (SSSR count). The van der Waals surface area contributed by atoms with E-state index < -0.39 is 0 Å². The molecule has 0 aliphatic heterocycles. The number of anilines is 2. The Kier molecular flexibility index (Phi) is 4.48. The molecular weight excluding hydrogens is 264 g/mol. The molecule has 0 saturated carbocycles. The van der Waals surface area contributed by atoms with Gasteiger partial charge in [-0.15, -0.1) is 0 Å². The first kappa shape index (κ1) is 14.9. The summed E-state index contributed by atoms with van der Waals surface area (Å²) in [5.74, 6) is 0.497. The van der Waals surface area contributed by atoms with E-state index in [4.69, 9.17) is 10.5 Å². The van der Waals surface area contributed by atoms with Crippen molar-refractivity contribution < 1.29 is 9.53 Å². The van der Waals surface area contributed by atoms with Gasteiger partial charge in [0.05, 0.1) is 7.11 Å². The van der Waals surface area contributed by atoms with Crippen LogP contribution in [0.1, 0.15) is 22.8 Å². The third-order valence-corrected chi connectivity index (χ3v) is 3.38. The van der Waals surface area contributed by atoms with E-state index in [0.717, 1.165) is 11.3 Å². The van der Waals surface area contributed by atoms with E-state index in [2.05, 4.69) is 0 Å². The summed E-state index contributed by atoms with van der Waals surface area (Å²) in [6, 6.07) is 12.9. The van der Waals surface area contributed by atoms with Gasteiger partial charge in [-0.25, -0.2) is 0 Å². The SMILES string of the molecule is CCN(C(=O)c1cc(N)cc(OC)c1)c1ccccc1C. The van der Waals surface area contributed by atoms with Crippen LogP contribution in [0.4, 0.5) is 11.4 Å². The van der Waals surface area contributed by atoms with Gasteiger partial charge in [0.2, 0.25) is 0 Å². The van der Waals surface area contributed by atoms with Crippen molar-refractivity contribution in [1.29, 1.82) is 0 Å². The van der Waals surface area contributed by atoms with Crippen LogP contribution in [0.2, 0.25) is 0 Å². The van der Waals surface area contributed by atoms with E-state index in [1.165, 1.54) is 0 Å². The molecule has 0 aromatic heterocycles. The number of para-hydroxylation sites is 1.